The van der Waals surface area contributed by atoms with Crippen molar-refractivity contribution >= 4 is 5.71 Å². The first kappa shape index (κ1) is 12.3. The van der Waals surface area contributed by atoms with Crippen LogP contribution in [0.15, 0.2) is 23.4 Å². The van der Waals surface area contributed by atoms with Gasteiger partial charge in [-0.1, -0.05) is 23.7 Å². The summed E-state index contributed by atoms with van der Waals surface area (Å²) in [4.78, 5) is 0. The third-order valence-electron chi connectivity index (χ3n) is 4.43. The first-order valence-electron chi connectivity index (χ1n) is 6.83. The summed E-state index contributed by atoms with van der Waals surface area (Å²) in [6.45, 7) is 0.645. The van der Waals surface area contributed by atoms with Crippen LogP contribution in [0.4, 0.5) is 0 Å². The van der Waals surface area contributed by atoms with E-state index >= 15 is 0 Å². The second-order valence-electron chi connectivity index (χ2n) is 5.27. The zero-order valence-electron chi connectivity index (χ0n) is 11.2. The molecule has 0 saturated heterocycles. The molecule has 1 fully saturated rings. The molecule has 1 saturated carbocycles. The summed E-state index contributed by atoms with van der Waals surface area (Å²) < 4.78 is 11.2. The number of hydrogen-bond donors (Lipinski definition) is 1. The highest BCUT2D eigenvalue weighted by atomic mass is 16.5. The number of oxime groups is 1. The third kappa shape index (κ3) is 1.78. The second kappa shape index (κ2) is 4.76. The highest BCUT2D eigenvalue weighted by molar-refractivity contribution is 5.96. The maximum atomic E-state index is 9.38. The topological polar surface area (TPSA) is 51.0 Å². The molecule has 4 nitrogen and oxygen atoms in total. The van der Waals surface area contributed by atoms with Crippen molar-refractivity contribution < 1.29 is 14.7 Å². The van der Waals surface area contributed by atoms with Crippen LogP contribution < -0.4 is 9.47 Å². The first-order valence-corrected chi connectivity index (χ1v) is 6.83. The number of nitrogens with zero attached hydrogens (tertiary/aromatic N) is 1. The normalized spacial score (nSPS) is 27.9. The maximum absolute atomic E-state index is 9.38. The molecule has 1 spiro atoms. The zero-order chi connectivity index (χ0) is 13.3. The van der Waals surface area contributed by atoms with Gasteiger partial charge in [-0.2, -0.15) is 0 Å². The molecule has 1 aliphatic heterocycles. The Hall–Kier alpha value is -1.71. The van der Waals surface area contributed by atoms with E-state index in [2.05, 4.69) is 11.2 Å². The maximum Gasteiger partial charge on any atom is 0.165 e. The summed E-state index contributed by atoms with van der Waals surface area (Å²) in [5.41, 5.74) is 1.86. The molecule has 1 heterocycles. The molecule has 1 N–H and O–H groups in total. The van der Waals surface area contributed by atoms with Crippen LogP contribution >= 0.6 is 0 Å². The van der Waals surface area contributed by atoms with Crippen LogP contribution in [0.3, 0.4) is 0 Å². The SMILES string of the molecule is COc1cccc2c1OCCC21CCCCC1=NO. The zero-order valence-corrected chi connectivity index (χ0v) is 11.2. The average Bonchev–Trinajstić information content (AvgIpc) is 2.48. The molecule has 1 aromatic carbocycles. The Morgan fingerprint density at radius 1 is 1.32 bits per heavy atom. The van der Waals surface area contributed by atoms with Gasteiger partial charge in [0.2, 0.25) is 0 Å². The van der Waals surface area contributed by atoms with Crippen LogP contribution in [0.2, 0.25) is 0 Å². The summed E-state index contributed by atoms with van der Waals surface area (Å²) >= 11 is 0. The average molecular weight is 261 g/mol. The molecule has 0 radical (unpaired) electrons. The number of para-hydroxylation sites is 1. The molecule has 0 bridgehead atoms. The molecule has 1 aromatic rings. The molecule has 0 aromatic heterocycles. The van der Waals surface area contributed by atoms with Gasteiger partial charge >= 0.3 is 0 Å². The van der Waals surface area contributed by atoms with Crippen molar-refractivity contribution in [3.8, 4) is 11.5 Å². The Balaban J connectivity index is 2.16. The number of benzene rings is 1. The van der Waals surface area contributed by atoms with Crippen molar-refractivity contribution in [1.82, 2.24) is 0 Å². The quantitative estimate of drug-likeness (QED) is 0.624. The number of fused-ring (bicyclic) bond motifs is 2. The minimum Gasteiger partial charge on any atom is -0.493 e. The van der Waals surface area contributed by atoms with E-state index in [1.807, 2.05) is 12.1 Å². The van der Waals surface area contributed by atoms with Crippen LogP contribution in [0.25, 0.3) is 0 Å². The summed E-state index contributed by atoms with van der Waals surface area (Å²) in [5, 5.41) is 13.0. The van der Waals surface area contributed by atoms with Gasteiger partial charge in [-0.15, -0.1) is 0 Å². The van der Waals surface area contributed by atoms with E-state index in [1.165, 1.54) is 0 Å². The van der Waals surface area contributed by atoms with Crippen LogP contribution in [-0.4, -0.2) is 24.6 Å². The molecule has 102 valence electrons. The van der Waals surface area contributed by atoms with E-state index in [1.54, 1.807) is 7.11 Å². The summed E-state index contributed by atoms with van der Waals surface area (Å²) in [6, 6.07) is 5.97. The molecule has 1 unspecified atom stereocenters. The van der Waals surface area contributed by atoms with Gasteiger partial charge in [-0.25, -0.2) is 0 Å². The molecule has 1 aliphatic carbocycles. The Kier molecular flexibility index (Phi) is 3.09. The van der Waals surface area contributed by atoms with Crippen molar-refractivity contribution in [3.05, 3.63) is 23.8 Å². The van der Waals surface area contributed by atoms with Crippen molar-refractivity contribution in [2.75, 3.05) is 13.7 Å². The van der Waals surface area contributed by atoms with Gasteiger partial charge in [-0.3, -0.25) is 0 Å². The minimum absolute atomic E-state index is 0.158. The van der Waals surface area contributed by atoms with Gasteiger partial charge in [0.1, 0.15) is 0 Å². The van der Waals surface area contributed by atoms with Crippen molar-refractivity contribution in [2.24, 2.45) is 5.16 Å². The summed E-state index contributed by atoms with van der Waals surface area (Å²) in [7, 11) is 1.65. The number of rotatable bonds is 1. The van der Waals surface area contributed by atoms with Gasteiger partial charge in [0.05, 0.1) is 19.4 Å². The molecule has 2 aliphatic rings. The molecular weight excluding hydrogens is 242 g/mol. The highest BCUT2D eigenvalue weighted by Gasteiger charge is 2.44. The number of ether oxygens (including phenoxy) is 2. The van der Waals surface area contributed by atoms with E-state index in [-0.39, 0.29) is 5.41 Å². The van der Waals surface area contributed by atoms with Crippen LogP contribution in [0.5, 0.6) is 11.5 Å². The lowest BCUT2D eigenvalue weighted by Gasteiger charge is -2.42. The highest BCUT2D eigenvalue weighted by Crippen LogP contribution is 2.49. The Bertz CT molecular complexity index is 512. The molecule has 4 heteroatoms. The van der Waals surface area contributed by atoms with Gasteiger partial charge in [-0.05, 0) is 31.7 Å². The largest absolute Gasteiger partial charge is 0.493 e. The molecule has 19 heavy (non-hydrogen) atoms. The smallest absolute Gasteiger partial charge is 0.165 e. The molecule has 1 atom stereocenters. The standard InChI is InChI=1S/C15H19NO3/c1-18-12-6-4-5-11-14(12)19-10-9-15(11)8-3-2-7-13(15)16-17/h4-6,17H,2-3,7-10H2,1H3. The van der Waals surface area contributed by atoms with Gasteiger partial charge < -0.3 is 14.7 Å². The van der Waals surface area contributed by atoms with E-state index in [9.17, 15) is 5.21 Å². The third-order valence-corrected chi connectivity index (χ3v) is 4.43. The predicted octanol–water partition coefficient (Wildman–Crippen LogP) is 3.12. The molecular formula is C15H19NO3. The van der Waals surface area contributed by atoms with E-state index in [0.717, 1.165) is 54.9 Å². The molecule has 3 rings (SSSR count). The summed E-state index contributed by atoms with van der Waals surface area (Å²) in [6.07, 6.45) is 5.03. The lowest BCUT2D eigenvalue weighted by molar-refractivity contribution is 0.216. The Morgan fingerprint density at radius 3 is 3.00 bits per heavy atom. The lowest BCUT2D eigenvalue weighted by atomic mass is 9.65. The van der Waals surface area contributed by atoms with Crippen molar-refractivity contribution in [3.63, 3.8) is 0 Å². The second-order valence-corrected chi connectivity index (χ2v) is 5.27. The lowest BCUT2D eigenvalue weighted by Crippen LogP contribution is -2.42. The fourth-order valence-electron chi connectivity index (χ4n) is 3.47. The van der Waals surface area contributed by atoms with Crippen molar-refractivity contribution in [1.29, 1.82) is 0 Å². The first-order chi connectivity index (χ1) is 9.31. The van der Waals surface area contributed by atoms with Gasteiger partial charge in [0, 0.05) is 11.0 Å². The number of methoxy groups -OCH3 is 1. The minimum atomic E-state index is -0.158. The fraction of sp³-hybridized carbons (Fsp3) is 0.533. The van der Waals surface area contributed by atoms with Crippen LogP contribution in [0.1, 0.15) is 37.7 Å². The Morgan fingerprint density at radius 2 is 2.21 bits per heavy atom. The van der Waals surface area contributed by atoms with E-state index < -0.39 is 0 Å². The molecule has 0 amide bonds. The van der Waals surface area contributed by atoms with E-state index in [4.69, 9.17) is 9.47 Å². The van der Waals surface area contributed by atoms with Crippen LogP contribution in [-0.2, 0) is 5.41 Å². The predicted molar refractivity (Wildman–Crippen MR) is 72.5 cm³/mol. The van der Waals surface area contributed by atoms with Crippen molar-refractivity contribution in [2.45, 2.75) is 37.5 Å². The Labute approximate surface area is 113 Å². The fourth-order valence-corrected chi connectivity index (χ4v) is 3.47. The van der Waals surface area contributed by atoms with Crippen LogP contribution in [0, 0.1) is 0 Å². The number of hydrogen-bond acceptors (Lipinski definition) is 4. The van der Waals surface area contributed by atoms with Gasteiger partial charge in [0.15, 0.2) is 11.5 Å². The summed E-state index contributed by atoms with van der Waals surface area (Å²) in [5.74, 6) is 1.58. The van der Waals surface area contributed by atoms with E-state index in [0.29, 0.717) is 6.61 Å². The monoisotopic (exact) mass is 261 g/mol. The van der Waals surface area contributed by atoms with Gasteiger partial charge in [0.25, 0.3) is 0 Å².